The maximum absolute atomic E-state index is 12.8. The number of nitrogens with one attached hydrogen (secondary N) is 1. The number of rotatable bonds is 3. The Balaban J connectivity index is 0.00000218. The van der Waals surface area contributed by atoms with Gasteiger partial charge in [-0.2, -0.15) is 5.10 Å². The highest BCUT2D eigenvalue weighted by atomic mass is 35.5. The van der Waals surface area contributed by atoms with Gasteiger partial charge in [0.2, 0.25) is 5.91 Å². The van der Waals surface area contributed by atoms with Gasteiger partial charge in [-0.3, -0.25) is 4.79 Å². The number of carbonyl (C=O) groups excluding carboxylic acids is 1. The van der Waals surface area contributed by atoms with E-state index in [0.717, 1.165) is 63.3 Å². The summed E-state index contributed by atoms with van der Waals surface area (Å²) in [4.78, 5) is 14.8. The number of hydrogen-bond donors (Lipinski definition) is 1. The number of halogens is 1. The van der Waals surface area contributed by atoms with E-state index in [1.807, 2.05) is 27.8 Å². The van der Waals surface area contributed by atoms with E-state index in [4.69, 9.17) is 9.84 Å². The maximum atomic E-state index is 12.8. The summed E-state index contributed by atoms with van der Waals surface area (Å²) in [7, 11) is 0. The molecule has 2 saturated heterocycles. The van der Waals surface area contributed by atoms with Gasteiger partial charge in [0.05, 0.1) is 18.0 Å². The van der Waals surface area contributed by atoms with Crippen LogP contribution in [0.25, 0.3) is 5.69 Å². The number of carbonyl (C=O) groups is 1. The van der Waals surface area contributed by atoms with Crippen molar-refractivity contribution in [3.05, 3.63) is 47.8 Å². The van der Waals surface area contributed by atoms with Crippen LogP contribution < -0.4 is 5.32 Å². The summed E-state index contributed by atoms with van der Waals surface area (Å²) < 4.78 is 8.31. The zero-order valence-electron chi connectivity index (χ0n) is 17.4. The van der Waals surface area contributed by atoms with Crippen LogP contribution in [0.4, 0.5) is 0 Å². The molecule has 3 aliphatic rings. The fourth-order valence-electron chi connectivity index (χ4n) is 5.05. The first-order chi connectivity index (χ1) is 14.2. The Morgan fingerprint density at radius 3 is 2.73 bits per heavy atom. The predicted octanol–water partition coefficient (Wildman–Crippen LogP) is 3.22. The van der Waals surface area contributed by atoms with Gasteiger partial charge in [-0.15, -0.1) is 12.4 Å². The highest BCUT2D eigenvalue weighted by molar-refractivity contribution is 5.85. The van der Waals surface area contributed by atoms with Crippen molar-refractivity contribution in [3.63, 3.8) is 0 Å². The molecule has 2 fully saturated rings. The molecule has 30 heavy (non-hydrogen) atoms. The molecule has 1 atom stereocenters. The number of aromatic nitrogens is 2. The lowest BCUT2D eigenvalue weighted by Crippen LogP contribution is -2.49. The van der Waals surface area contributed by atoms with Crippen molar-refractivity contribution >= 4 is 18.3 Å². The van der Waals surface area contributed by atoms with Gasteiger partial charge in [-0.05, 0) is 56.3 Å². The van der Waals surface area contributed by atoms with Gasteiger partial charge in [0.15, 0.2) is 0 Å². The third kappa shape index (κ3) is 4.13. The maximum Gasteiger partial charge on any atom is 0.224 e. The molecule has 5 rings (SSSR count). The van der Waals surface area contributed by atoms with Crippen molar-refractivity contribution in [1.82, 2.24) is 20.0 Å². The second-order valence-electron chi connectivity index (χ2n) is 8.61. The summed E-state index contributed by atoms with van der Waals surface area (Å²) in [6, 6.07) is 10.6. The molecule has 1 aromatic heterocycles. The first kappa shape index (κ1) is 21.3. The first-order valence-electron chi connectivity index (χ1n) is 11.0. The normalized spacial score (nSPS) is 22.9. The summed E-state index contributed by atoms with van der Waals surface area (Å²) in [6.07, 6.45) is 8.92. The minimum absolute atomic E-state index is 0. The molecule has 0 aliphatic carbocycles. The Kier molecular flexibility index (Phi) is 6.46. The lowest BCUT2D eigenvalue weighted by atomic mass is 9.83. The smallest absolute Gasteiger partial charge is 0.224 e. The monoisotopic (exact) mass is 430 g/mol. The van der Waals surface area contributed by atoms with Crippen LogP contribution in [-0.2, 0) is 21.6 Å². The second-order valence-corrected chi connectivity index (χ2v) is 8.61. The molecule has 162 valence electrons. The molecule has 3 aliphatic heterocycles. The average molecular weight is 431 g/mol. The number of benzene rings is 1. The Morgan fingerprint density at radius 2 is 2.00 bits per heavy atom. The number of para-hydroxylation sites is 1. The van der Waals surface area contributed by atoms with Crippen LogP contribution in [0.3, 0.4) is 0 Å². The molecule has 1 spiro atoms. The van der Waals surface area contributed by atoms with Crippen molar-refractivity contribution in [1.29, 1.82) is 0 Å². The van der Waals surface area contributed by atoms with E-state index >= 15 is 0 Å². The Bertz CT molecular complexity index is 855. The molecule has 6 nitrogen and oxygen atoms in total. The molecule has 0 radical (unpaired) electrons. The van der Waals surface area contributed by atoms with Gasteiger partial charge in [-0.1, -0.05) is 24.6 Å². The molecule has 2 aromatic rings. The number of piperidine rings is 2. The zero-order chi connectivity index (χ0) is 19.7. The minimum Gasteiger partial charge on any atom is -0.368 e. The second kappa shape index (κ2) is 9.08. The third-order valence-electron chi connectivity index (χ3n) is 6.75. The molecular formula is C23H31ClN4O2. The summed E-state index contributed by atoms with van der Waals surface area (Å²) >= 11 is 0. The lowest BCUT2D eigenvalue weighted by Gasteiger charge is -2.43. The van der Waals surface area contributed by atoms with Crippen molar-refractivity contribution in [2.24, 2.45) is 0 Å². The Labute approximate surface area is 184 Å². The molecule has 0 saturated carbocycles. The van der Waals surface area contributed by atoms with Gasteiger partial charge < -0.3 is 15.0 Å². The van der Waals surface area contributed by atoms with E-state index in [0.29, 0.717) is 12.5 Å². The van der Waals surface area contributed by atoms with Gasteiger partial charge in [0.25, 0.3) is 0 Å². The van der Waals surface area contributed by atoms with E-state index < -0.39 is 0 Å². The summed E-state index contributed by atoms with van der Waals surface area (Å²) in [5.74, 6) is 0.282. The van der Waals surface area contributed by atoms with Gasteiger partial charge in [-0.25, -0.2) is 4.68 Å². The molecule has 1 unspecified atom stereocenters. The van der Waals surface area contributed by atoms with Gasteiger partial charge in [0, 0.05) is 31.7 Å². The largest absolute Gasteiger partial charge is 0.368 e. The summed E-state index contributed by atoms with van der Waals surface area (Å²) in [6.45, 7) is 3.28. The molecular weight excluding hydrogens is 400 g/mol. The first-order valence-corrected chi connectivity index (χ1v) is 11.0. The molecule has 0 bridgehead atoms. The highest BCUT2D eigenvalue weighted by Crippen LogP contribution is 2.41. The molecule has 1 N–H and O–H groups in total. The fraction of sp³-hybridized carbons (Fsp3) is 0.565. The van der Waals surface area contributed by atoms with Crippen LogP contribution in [0.15, 0.2) is 36.5 Å². The van der Waals surface area contributed by atoms with E-state index in [1.165, 1.54) is 18.4 Å². The van der Waals surface area contributed by atoms with E-state index in [9.17, 15) is 4.79 Å². The topological polar surface area (TPSA) is 59.4 Å². The number of amides is 1. The molecule has 1 amide bonds. The quantitative estimate of drug-likeness (QED) is 0.812. The van der Waals surface area contributed by atoms with Crippen LogP contribution in [0.2, 0.25) is 0 Å². The number of likely N-dealkylation sites (tertiary alicyclic amines) is 1. The van der Waals surface area contributed by atoms with E-state index in [-0.39, 0.29) is 23.9 Å². The van der Waals surface area contributed by atoms with Gasteiger partial charge in [0.1, 0.15) is 5.60 Å². The highest BCUT2D eigenvalue weighted by Gasteiger charge is 2.44. The summed E-state index contributed by atoms with van der Waals surface area (Å²) in [5, 5.41) is 8.43. The standard InChI is InChI=1S/C23H30N4O2.ClH/c28-21(16-19-6-4-5-12-24-19)26-13-10-23(11-14-26)22-18(9-15-29-23)17-27(25-22)20-7-2-1-3-8-20;/h1-3,7-8,17,19,24H,4-6,9-16H2;1H. The van der Waals surface area contributed by atoms with E-state index in [2.05, 4.69) is 23.6 Å². The number of nitrogens with zero attached hydrogens (tertiary/aromatic N) is 3. The van der Waals surface area contributed by atoms with E-state index in [1.54, 1.807) is 0 Å². The van der Waals surface area contributed by atoms with Gasteiger partial charge >= 0.3 is 0 Å². The Morgan fingerprint density at radius 1 is 1.20 bits per heavy atom. The number of ether oxygens (including phenoxy) is 1. The number of fused-ring (bicyclic) bond motifs is 2. The third-order valence-corrected chi connectivity index (χ3v) is 6.75. The van der Waals surface area contributed by atoms with Crippen molar-refractivity contribution in [2.75, 3.05) is 26.2 Å². The summed E-state index contributed by atoms with van der Waals surface area (Å²) in [5.41, 5.74) is 3.09. The number of hydrogen-bond acceptors (Lipinski definition) is 4. The average Bonchev–Trinajstić information content (AvgIpc) is 3.22. The van der Waals surface area contributed by atoms with Crippen LogP contribution in [0.1, 0.15) is 49.8 Å². The fourth-order valence-corrected chi connectivity index (χ4v) is 5.05. The minimum atomic E-state index is -0.340. The molecule has 4 heterocycles. The van der Waals surface area contributed by atoms with Crippen LogP contribution in [0.5, 0.6) is 0 Å². The molecule has 7 heteroatoms. The van der Waals surface area contributed by atoms with Crippen molar-refractivity contribution in [2.45, 2.75) is 56.6 Å². The SMILES string of the molecule is Cl.O=C(CC1CCCCN1)N1CCC2(CC1)OCCc1cn(-c3ccccc3)nc12. The van der Waals surface area contributed by atoms with Crippen molar-refractivity contribution in [3.8, 4) is 5.69 Å². The van der Waals surface area contributed by atoms with Crippen LogP contribution in [-0.4, -0.2) is 52.9 Å². The lowest BCUT2D eigenvalue weighted by molar-refractivity contribution is -0.141. The molecule has 1 aromatic carbocycles. The van der Waals surface area contributed by atoms with Crippen molar-refractivity contribution < 1.29 is 9.53 Å². The zero-order valence-corrected chi connectivity index (χ0v) is 18.2. The predicted molar refractivity (Wildman–Crippen MR) is 118 cm³/mol. The Hall–Kier alpha value is -1.89. The van der Waals surface area contributed by atoms with Crippen LogP contribution >= 0.6 is 12.4 Å². The van der Waals surface area contributed by atoms with Crippen LogP contribution in [0, 0.1) is 0 Å².